The van der Waals surface area contributed by atoms with Crippen molar-refractivity contribution in [1.29, 1.82) is 0 Å². The van der Waals surface area contributed by atoms with Gasteiger partial charge in [0.2, 0.25) is 5.82 Å². The van der Waals surface area contributed by atoms with Gasteiger partial charge in [-0.25, -0.2) is 9.97 Å². The Kier molecular flexibility index (Phi) is 4.98. The summed E-state index contributed by atoms with van der Waals surface area (Å²) in [5.41, 5.74) is 0.768. The molecule has 8 nitrogen and oxygen atoms in total. The minimum atomic E-state index is -4.69. The van der Waals surface area contributed by atoms with Crippen LogP contribution in [-0.4, -0.2) is 30.1 Å². The van der Waals surface area contributed by atoms with Gasteiger partial charge in [0, 0.05) is 35.1 Å². The van der Waals surface area contributed by atoms with Gasteiger partial charge in [-0.1, -0.05) is 5.16 Å². The highest BCUT2D eigenvalue weighted by Crippen LogP contribution is 2.34. The molecule has 0 saturated heterocycles. The maximum atomic E-state index is 12.8. The second kappa shape index (κ2) is 7.96. The Morgan fingerprint density at radius 3 is 2.66 bits per heavy atom. The van der Waals surface area contributed by atoms with E-state index in [1.165, 1.54) is 11.3 Å². The van der Waals surface area contributed by atoms with E-state index in [0.717, 1.165) is 15.8 Å². The fraction of sp³-hybridized carbons (Fsp3) is 0.100. The van der Waals surface area contributed by atoms with Crippen LogP contribution in [0.3, 0.4) is 0 Å². The van der Waals surface area contributed by atoms with Crippen molar-refractivity contribution < 1.29 is 17.7 Å². The van der Waals surface area contributed by atoms with Gasteiger partial charge in [0.05, 0.1) is 23.1 Å². The van der Waals surface area contributed by atoms with Gasteiger partial charge < -0.3 is 9.42 Å². The van der Waals surface area contributed by atoms with Crippen molar-refractivity contribution in [2.24, 2.45) is 0 Å². The Bertz CT molecular complexity index is 1370. The lowest BCUT2D eigenvalue weighted by atomic mass is 10.2. The summed E-state index contributed by atoms with van der Waals surface area (Å²) >= 11 is 1.25. The lowest BCUT2D eigenvalue weighted by Crippen LogP contribution is -2.18. The quantitative estimate of drug-likeness (QED) is 0.370. The number of anilines is 2. The van der Waals surface area contributed by atoms with E-state index in [4.69, 9.17) is 0 Å². The van der Waals surface area contributed by atoms with E-state index in [1.54, 1.807) is 43.1 Å². The molecule has 12 heteroatoms. The summed E-state index contributed by atoms with van der Waals surface area (Å²) in [6.07, 6.45) is 3.42. The smallest absolute Gasteiger partial charge is 0.329 e. The van der Waals surface area contributed by atoms with Gasteiger partial charge >= 0.3 is 12.1 Å². The standard InChI is InChI=1S/C20H12F3N7OS/c21-20(22,23)19-28-17(29-31-19)15-4-3-12(32-15)11-30(16-10-24-8-9-26-16)18-13-2-1-6-25-14(13)5-7-27-18/h1-10H,11H2. The molecule has 32 heavy (non-hydrogen) atoms. The fourth-order valence-corrected chi connectivity index (χ4v) is 4.00. The Labute approximate surface area is 182 Å². The zero-order valence-electron chi connectivity index (χ0n) is 16.1. The van der Waals surface area contributed by atoms with Crippen LogP contribution in [0.15, 0.2) is 65.8 Å². The number of nitrogens with zero attached hydrogens (tertiary/aromatic N) is 7. The first-order chi connectivity index (χ1) is 15.5. The largest absolute Gasteiger partial charge is 0.471 e. The Hall–Kier alpha value is -3.93. The monoisotopic (exact) mass is 455 g/mol. The normalized spacial score (nSPS) is 11.7. The highest BCUT2D eigenvalue weighted by atomic mass is 32.1. The first-order valence-electron chi connectivity index (χ1n) is 9.22. The molecule has 5 rings (SSSR count). The van der Waals surface area contributed by atoms with E-state index in [1.807, 2.05) is 23.1 Å². The summed E-state index contributed by atoms with van der Waals surface area (Å²) < 4.78 is 42.7. The number of halogens is 3. The summed E-state index contributed by atoms with van der Waals surface area (Å²) in [6.45, 7) is 0.342. The van der Waals surface area contributed by atoms with Crippen LogP contribution in [0.25, 0.3) is 21.6 Å². The number of rotatable bonds is 5. The molecular weight excluding hydrogens is 443 g/mol. The number of alkyl halides is 3. The maximum absolute atomic E-state index is 12.8. The van der Waals surface area contributed by atoms with Crippen molar-refractivity contribution >= 4 is 33.9 Å². The van der Waals surface area contributed by atoms with Crippen molar-refractivity contribution in [2.45, 2.75) is 12.7 Å². The summed E-state index contributed by atoms with van der Waals surface area (Å²) in [5.74, 6) is -0.307. The first-order valence-corrected chi connectivity index (χ1v) is 10.0. The molecule has 0 aliphatic heterocycles. The van der Waals surface area contributed by atoms with Crippen LogP contribution in [0.2, 0.25) is 0 Å². The third-order valence-corrected chi connectivity index (χ3v) is 5.52. The number of hydrogen-bond donors (Lipinski definition) is 0. The average molecular weight is 455 g/mol. The minimum Gasteiger partial charge on any atom is -0.329 e. The first kappa shape index (κ1) is 20.0. The molecule has 0 fully saturated rings. The molecule has 0 aliphatic carbocycles. The van der Waals surface area contributed by atoms with Crippen molar-refractivity contribution in [3.8, 4) is 10.7 Å². The molecule has 5 aromatic rings. The molecule has 0 amide bonds. The number of fused-ring (bicyclic) bond motifs is 1. The maximum Gasteiger partial charge on any atom is 0.471 e. The van der Waals surface area contributed by atoms with Gasteiger partial charge in [0.15, 0.2) is 5.82 Å². The average Bonchev–Trinajstić information content (AvgIpc) is 3.47. The number of pyridine rings is 2. The second-order valence-corrected chi connectivity index (χ2v) is 7.71. The molecule has 160 valence electrons. The number of aromatic nitrogens is 6. The molecular formula is C20H12F3N7OS. The molecule has 0 radical (unpaired) electrons. The summed E-state index contributed by atoms with van der Waals surface area (Å²) in [4.78, 5) is 24.0. The second-order valence-electron chi connectivity index (χ2n) is 6.54. The van der Waals surface area contributed by atoms with E-state index < -0.39 is 12.1 Å². The van der Waals surface area contributed by atoms with E-state index in [-0.39, 0.29) is 5.82 Å². The van der Waals surface area contributed by atoms with E-state index in [9.17, 15) is 13.2 Å². The SMILES string of the molecule is FC(F)(F)c1nc(-c2ccc(CN(c3cnccn3)c3nccc4ncccc34)s2)no1. The summed E-state index contributed by atoms with van der Waals surface area (Å²) in [6, 6.07) is 8.98. The van der Waals surface area contributed by atoms with Crippen LogP contribution < -0.4 is 4.90 Å². The van der Waals surface area contributed by atoms with Crippen LogP contribution in [0.5, 0.6) is 0 Å². The zero-order valence-corrected chi connectivity index (χ0v) is 16.9. The van der Waals surface area contributed by atoms with E-state index in [0.29, 0.717) is 23.1 Å². The lowest BCUT2D eigenvalue weighted by Gasteiger charge is -2.23. The highest BCUT2D eigenvalue weighted by Gasteiger charge is 2.38. The number of thiophene rings is 1. The van der Waals surface area contributed by atoms with E-state index in [2.05, 4.69) is 34.6 Å². The van der Waals surface area contributed by atoms with Crippen molar-refractivity contribution in [1.82, 2.24) is 30.1 Å². The molecule has 0 atom stereocenters. The van der Waals surface area contributed by atoms with Gasteiger partial charge in [-0.15, -0.1) is 11.3 Å². The fourth-order valence-electron chi connectivity index (χ4n) is 3.08. The predicted octanol–water partition coefficient (Wildman–Crippen LogP) is 4.89. The molecule has 0 saturated carbocycles. The van der Waals surface area contributed by atoms with Crippen LogP contribution in [0.1, 0.15) is 10.8 Å². The van der Waals surface area contributed by atoms with Crippen molar-refractivity contribution in [3.63, 3.8) is 0 Å². The third-order valence-electron chi connectivity index (χ3n) is 4.45. The van der Waals surface area contributed by atoms with Gasteiger partial charge in [0.25, 0.3) is 0 Å². The molecule has 5 aromatic heterocycles. The van der Waals surface area contributed by atoms with Gasteiger partial charge in [-0.05, 0) is 30.3 Å². The minimum absolute atomic E-state index is 0.118. The summed E-state index contributed by atoms with van der Waals surface area (Å²) in [5, 5.41) is 4.27. The van der Waals surface area contributed by atoms with Crippen LogP contribution in [0, 0.1) is 0 Å². The van der Waals surface area contributed by atoms with Gasteiger partial charge in [0.1, 0.15) is 5.82 Å². The Morgan fingerprint density at radius 1 is 0.969 bits per heavy atom. The Balaban J connectivity index is 1.51. The number of hydrogen-bond acceptors (Lipinski definition) is 9. The van der Waals surface area contributed by atoms with E-state index >= 15 is 0 Å². The van der Waals surface area contributed by atoms with Crippen LogP contribution in [0.4, 0.5) is 24.8 Å². The molecule has 0 bridgehead atoms. The molecule has 5 heterocycles. The highest BCUT2D eigenvalue weighted by molar-refractivity contribution is 7.15. The molecule has 0 N–H and O–H groups in total. The summed E-state index contributed by atoms with van der Waals surface area (Å²) in [7, 11) is 0. The van der Waals surface area contributed by atoms with Crippen LogP contribution >= 0.6 is 11.3 Å². The van der Waals surface area contributed by atoms with Crippen molar-refractivity contribution in [3.05, 3.63) is 72.1 Å². The lowest BCUT2D eigenvalue weighted by molar-refractivity contribution is -0.159. The molecule has 0 spiro atoms. The zero-order chi connectivity index (χ0) is 22.1. The van der Waals surface area contributed by atoms with Crippen LogP contribution in [-0.2, 0) is 12.7 Å². The van der Waals surface area contributed by atoms with Gasteiger partial charge in [-0.2, -0.15) is 18.2 Å². The molecule has 0 aromatic carbocycles. The van der Waals surface area contributed by atoms with Crippen molar-refractivity contribution in [2.75, 3.05) is 4.90 Å². The molecule has 0 aliphatic rings. The topological polar surface area (TPSA) is 93.7 Å². The Morgan fingerprint density at radius 2 is 1.88 bits per heavy atom. The van der Waals surface area contributed by atoms with Gasteiger partial charge in [-0.3, -0.25) is 9.97 Å². The third kappa shape index (κ3) is 3.87. The molecule has 0 unspecified atom stereocenters. The predicted molar refractivity (Wildman–Crippen MR) is 110 cm³/mol.